The predicted molar refractivity (Wildman–Crippen MR) is 96.4 cm³/mol. The number of alkyl halides is 3. The number of piperidine rings is 1. The Bertz CT molecular complexity index is 804. The van der Waals surface area contributed by atoms with E-state index >= 15 is 0 Å². The minimum atomic E-state index is -4.67. The number of ether oxygens (including phenoxy) is 1. The molecular weight excluding hydrogens is 393 g/mol. The van der Waals surface area contributed by atoms with Gasteiger partial charge in [-0.15, -0.1) is 0 Å². The van der Waals surface area contributed by atoms with Gasteiger partial charge in [0.1, 0.15) is 5.69 Å². The molecule has 10 heteroatoms. The van der Waals surface area contributed by atoms with Gasteiger partial charge in [0.2, 0.25) is 0 Å². The summed E-state index contributed by atoms with van der Waals surface area (Å²) in [5, 5.41) is 11.3. The number of ketones is 1. The Morgan fingerprint density at radius 3 is 2.45 bits per heavy atom. The maximum atomic E-state index is 12.9. The van der Waals surface area contributed by atoms with E-state index in [1.807, 2.05) is 0 Å². The highest BCUT2D eigenvalue weighted by Gasteiger charge is 2.36. The van der Waals surface area contributed by atoms with E-state index in [1.54, 1.807) is 4.90 Å². The van der Waals surface area contributed by atoms with E-state index in [0.717, 1.165) is 25.0 Å². The molecule has 158 valence electrons. The van der Waals surface area contributed by atoms with Crippen LogP contribution in [0.2, 0.25) is 0 Å². The Morgan fingerprint density at radius 1 is 1.17 bits per heavy atom. The second-order valence-corrected chi connectivity index (χ2v) is 7.36. The summed E-state index contributed by atoms with van der Waals surface area (Å²) in [6.45, 7) is 0.537. The number of nitrogens with zero attached hydrogens (tertiary/aromatic N) is 2. The van der Waals surface area contributed by atoms with E-state index in [1.165, 1.54) is 0 Å². The average molecular weight is 414 g/mol. The number of halogens is 3. The standard InChI is InChI=1S/C19H21F3N2O5/c20-19(21,22)13-5-6-14(15(11-13)24(27)28)23-9-7-12(8-10-23)18(26)29-17-4-2-1-3-16(17)25/h5-6,11-12,17H,1-4,7-10H2/t17-/m0/s1. The summed E-state index contributed by atoms with van der Waals surface area (Å²) in [6, 6.07) is 2.45. The van der Waals surface area contributed by atoms with Crippen LogP contribution in [0.1, 0.15) is 44.1 Å². The van der Waals surface area contributed by atoms with Crippen LogP contribution in [0, 0.1) is 16.0 Å². The first-order valence-corrected chi connectivity index (χ1v) is 9.50. The van der Waals surface area contributed by atoms with Crippen molar-refractivity contribution in [1.82, 2.24) is 0 Å². The molecule has 1 heterocycles. The number of nitro benzene ring substituents is 1. The summed E-state index contributed by atoms with van der Waals surface area (Å²) >= 11 is 0. The van der Waals surface area contributed by atoms with Crippen LogP contribution in [-0.2, 0) is 20.5 Å². The number of anilines is 1. The van der Waals surface area contributed by atoms with Crippen molar-refractivity contribution in [2.75, 3.05) is 18.0 Å². The fourth-order valence-corrected chi connectivity index (χ4v) is 3.78. The lowest BCUT2D eigenvalue weighted by Gasteiger charge is -2.33. The molecule has 2 aliphatic rings. The van der Waals surface area contributed by atoms with Crippen LogP contribution in [0.5, 0.6) is 0 Å². The first kappa shape index (κ1) is 21.1. The molecule has 1 saturated carbocycles. The molecule has 1 aliphatic heterocycles. The lowest BCUT2D eigenvalue weighted by atomic mass is 9.94. The quantitative estimate of drug-likeness (QED) is 0.422. The fourth-order valence-electron chi connectivity index (χ4n) is 3.78. The molecule has 29 heavy (non-hydrogen) atoms. The molecule has 7 nitrogen and oxygen atoms in total. The van der Waals surface area contributed by atoms with Gasteiger partial charge >= 0.3 is 12.1 Å². The normalized spacial score (nSPS) is 21.1. The van der Waals surface area contributed by atoms with Crippen LogP contribution >= 0.6 is 0 Å². The van der Waals surface area contributed by atoms with Gasteiger partial charge in [-0.2, -0.15) is 13.2 Å². The summed E-state index contributed by atoms with van der Waals surface area (Å²) < 4.78 is 43.9. The second-order valence-electron chi connectivity index (χ2n) is 7.36. The Kier molecular flexibility index (Phi) is 6.09. The molecule has 0 aromatic heterocycles. The molecular formula is C19H21F3N2O5. The van der Waals surface area contributed by atoms with Gasteiger partial charge in [0.25, 0.3) is 5.69 Å². The molecule has 1 aliphatic carbocycles. The number of Topliss-reactive ketones (excluding diaryl/α,β-unsaturated/α-hetero) is 1. The highest BCUT2D eigenvalue weighted by molar-refractivity contribution is 5.86. The fraction of sp³-hybridized carbons (Fsp3) is 0.579. The smallest absolute Gasteiger partial charge is 0.416 e. The first-order valence-electron chi connectivity index (χ1n) is 9.50. The van der Waals surface area contributed by atoms with Crippen LogP contribution < -0.4 is 4.90 Å². The number of carbonyl (C=O) groups excluding carboxylic acids is 2. The molecule has 1 aromatic carbocycles. The Hall–Kier alpha value is -2.65. The molecule has 0 bridgehead atoms. The maximum Gasteiger partial charge on any atom is 0.416 e. The Morgan fingerprint density at radius 2 is 1.86 bits per heavy atom. The van der Waals surface area contributed by atoms with Crippen molar-refractivity contribution < 1.29 is 32.4 Å². The highest BCUT2D eigenvalue weighted by Crippen LogP contribution is 2.37. The van der Waals surface area contributed by atoms with Gasteiger partial charge in [-0.3, -0.25) is 19.7 Å². The number of hydrogen-bond donors (Lipinski definition) is 0. The van der Waals surface area contributed by atoms with Crippen molar-refractivity contribution in [3.05, 3.63) is 33.9 Å². The summed E-state index contributed by atoms with van der Waals surface area (Å²) in [5.74, 6) is -0.955. The summed E-state index contributed by atoms with van der Waals surface area (Å²) in [7, 11) is 0. The van der Waals surface area contributed by atoms with Gasteiger partial charge < -0.3 is 9.64 Å². The molecule has 0 unspecified atom stereocenters. The monoisotopic (exact) mass is 414 g/mol. The minimum absolute atomic E-state index is 0.0672. The summed E-state index contributed by atoms with van der Waals surface area (Å²) in [5.41, 5.74) is -1.60. The molecule has 0 N–H and O–H groups in total. The lowest BCUT2D eigenvalue weighted by molar-refractivity contribution is -0.384. The van der Waals surface area contributed by atoms with Gasteiger partial charge in [-0.25, -0.2) is 0 Å². The molecule has 0 amide bonds. The van der Waals surface area contributed by atoms with Gasteiger partial charge in [0.15, 0.2) is 11.9 Å². The molecule has 2 fully saturated rings. The average Bonchev–Trinajstić information content (AvgIpc) is 2.68. The number of rotatable bonds is 4. The number of esters is 1. The van der Waals surface area contributed by atoms with E-state index < -0.39 is 40.3 Å². The van der Waals surface area contributed by atoms with E-state index in [-0.39, 0.29) is 24.6 Å². The number of nitro groups is 1. The largest absolute Gasteiger partial charge is 0.454 e. The zero-order valence-corrected chi connectivity index (χ0v) is 15.6. The van der Waals surface area contributed by atoms with E-state index in [0.29, 0.717) is 31.7 Å². The van der Waals surface area contributed by atoms with Gasteiger partial charge in [-0.1, -0.05) is 0 Å². The topological polar surface area (TPSA) is 89.8 Å². The third-order valence-corrected chi connectivity index (χ3v) is 5.43. The van der Waals surface area contributed by atoms with Gasteiger partial charge in [0.05, 0.1) is 16.4 Å². The number of benzene rings is 1. The van der Waals surface area contributed by atoms with E-state index in [2.05, 4.69) is 0 Å². The van der Waals surface area contributed by atoms with Crippen LogP contribution in [0.15, 0.2) is 18.2 Å². The van der Waals surface area contributed by atoms with Gasteiger partial charge in [0, 0.05) is 25.6 Å². The molecule has 3 rings (SSSR count). The number of hydrogen-bond acceptors (Lipinski definition) is 6. The molecule has 1 saturated heterocycles. The maximum absolute atomic E-state index is 12.9. The van der Waals surface area contributed by atoms with Crippen molar-refractivity contribution in [2.24, 2.45) is 5.92 Å². The van der Waals surface area contributed by atoms with Crippen molar-refractivity contribution in [1.29, 1.82) is 0 Å². The van der Waals surface area contributed by atoms with Crippen LogP contribution in [-0.4, -0.2) is 35.9 Å². The van der Waals surface area contributed by atoms with Gasteiger partial charge in [-0.05, 0) is 44.2 Å². The summed E-state index contributed by atoms with van der Waals surface area (Å²) in [4.78, 5) is 36.2. The third-order valence-electron chi connectivity index (χ3n) is 5.43. The van der Waals surface area contributed by atoms with E-state index in [4.69, 9.17) is 4.74 Å². The zero-order chi connectivity index (χ0) is 21.2. The molecule has 1 aromatic rings. The molecule has 1 atom stereocenters. The third kappa shape index (κ3) is 4.86. The van der Waals surface area contributed by atoms with Crippen molar-refractivity contribution in [3.63, 3.8) is 0 Å². The SMILES string of the molecule is O=C(O[C@H]1CCCCC1=O)C1CCN(c2ccc(C(F)(F)F)cc2[N+](=O)[O-])CC1. The lowest BCUT2D eigenvalue weighted by Crippen LogP contribution is -2.39. The highest BCUT2D eigenvalue weighted by atomic mass is 19.4. The molecule has 0 spiro atoms. The number of carbonyl (C=O) groups is 2. The van der Waals surface area contributed by atoms with Crippen molar-refractivity contribution >= 4 is 23.1 Å². The predicted octanol–water partition coefficient (Wildman–Crippen LogP) is 3.88. The zero-order valence-electron chi connectivity index (χ0n) is 15.6. The van der Waals surface area contributed by atoms with E-state index in [9.17, 15) is 32.9 Å². The summed E-state index contributed by atoms with van der Waals surface area (Å²) in [6.07, 6.45) is -2.09. The minimum Gasteiger partial charge on any atom is -0.454 e. The van der Waals surface area contributed by atoms with Crippen molar-refractivity contribution in [2.45, 2.75) is 50.8 Å². The Balaban J connectivity index is 1.65. The van der Waals surface area contributed by atoms with Crippen molar-refractivity contribution in [3.8, 4) is 0 Å². The van der Waals surface area contributed by atoms with Crippen LogP contribution in [0.25, 0.3) is 0 Å². The second kappa shape index (κ2) is 8.38. The Labute approximate surface area is 165 Å². The first-order chi connectivity index (χ1) is 13.7. The van der Waals surface area contributed by atoms with Crippen LogP contribution in [0.4, 0.5) is 24.5 Å². The molecule has 0 radical (unpaired) electrons. The van der Waals surface area contributed by atoms with Crippen LogP contribution in [0.3, 0.4) is 0 Å².